The minimum absolute atomic E-state index is 0.150. The molecule has 0 heterocycles. The summed E-state index contributed by atoms with van der Waals surface area (Å²) in [5.74, 6) is 0.157. The van der Waals surface area contributed by atoms with Crippen LogP contribution >= 0.6 is 0 Å². The zero-order valence-electron chi connectivity index (χ0n) is 10.5. The lowest BCUT2D eigenvalue weighted by Gasteiger charge is -2.01. The third-order valence-corrected chi connectivity index (χ3v) is 2.63. The van der Waals surface area contributed by atoms with E-state index in [-0.39, 0.29) is 11.6 Å². The van der Waals surface area contributed by atoms with Gasteiger partial charge in [-0.1, -0.05) is 30.3 Å². The highest BCUT2D eigenvalue weighted by molar-refractivity contribution is 6.07. The van der Waals surface area contributed by atoms with E-state index in [4.69, 9.17) is 4.74 Å². The SMILES string of the molecule is COc1cccc(C(=O)C=Cc2cccc(F)c2)c1. The van der Waals surface area contributed by atoms with Gasteiger partial charge >= 0.3 is 0 Å². The molecule has 0 aromatic heterocycles. The van der Waals surface area contributed by atoms with Gasteiger partial charge in [-0.2, -0.15) is 0 Å². The van der Waals surface area contributed by atoms with Crippen LogP contribution in [-0.4, -0.2) is 12.9 Å². The van der Waals surface area contributed by atoms with Gasteiger partial charge in [-0.25, -0.2) is 4.39 Å². The second-order valence-electron chi connectivity index (χ2n) is 3.98. The van der Waals surface area contributed by atoms with Crippen LogP contribution in [0.15, 0.2) is 54.6 Å². The first kappa shape index (κ1) is 13.0. The van der Waals surface area contributed by atoms with E-state index in [0.717, 1.165) is 0 Å². The highest BCUT2D eigenvalue weighted by Gasteiger charge is 2.02. The summed E-state index contributed by atoms with van der Waals surface area (Å²) < 4.78 is 18.0. The first-order chi connectivity index (χ1) is 9.19. The number of methoxy groups -OCH3 is 1. The fraction of sp³-hybridized carbons (Fsp3) is 0.0625. The topological polar surface area (TPSA) is 26.3 Å². The maximum absolute atomic E-state index is 13.0. The lowest BCUT2D eigenvalue weighted by atomic mass is 10.1. The Kier molecular flexibility index (Phi) is 4.08. The molecule has 0 spiro atoms. The van der Waals surface area contributed by atoms with E-state index in [2.05, 4.69) is 0 Å². The van der Waals surface area contributed by atoms with Gasteiger partial charge in [0, 0.05) is 5.56 Å². The number of halogens is 1. The lowest BCUT2D eigenvalue weighted by molar-refractivity contribution is 0.104. The van der Waals surface area contributed by atoms with Crippen molar-refractivity contribution in [1.29, 1.82) is 0 Å². The average Bonchev–Trinajstić information content (AvgIpc) is 2.45. The number of hydrogen-bond acceptors (Lipinski definition) is 2. The predicted octanol–water partition coefficient (Wildman–Crippen LogP) is 3.73. The molecule has 0 aliphatic heterocycles. The maximum Gasteiger partial charge on any atom is 0.185 e. The van der Waals surface area contributed by atoms with Crippen molar-refractivity contribution in [3.63, 3.8) is 0 Å². The molecule has 2 nitrogen and oxygen atoms in total. The van der Waals surface area contributed by atoms with Crippen LogP contribution in [-0.2, 0) is 0 Å². The Labute approximate surface area is 111 Å². The molecular weight excluding hydrogens is 243 g/mol. The minimum atomic E-state index is -0.323. The van der Waals surface area contributed by atoms with Crippen LogP contribution in [0.3, 0.4) is 0 Å². The molecule has 3 heteroatoms. The highest BCUT2D eigenvalue weighted by atomic mass is 19.1. The van der Waals surface area contributed by atoms with Gasteiger partial charge in [0.15, 0.2) is 5.78 Å². The summed E-state index contributed by atoms with van der Waals surface area (Å²) in [4.78, 5) is 11.9. The predicted molar refractivity (Wildman–Crippen MR) is 72.8 cm³/mol. The van der Waals surface area contributed by atoms with Gasteiger partial charge in [-0.05, 0) is 35.9 Å². The van der Waals surface area contributed by atoms with Crippen LogP contribution in [0.2, 0.25) is 0 Å². The Morgan fingerprint density at radius 1 is 1.16 bits per heavy atom. The van der Waals surface area contributed by atoms with Crippen LogP contribution in [0, 0.1) is 5.82 Å². The molecule has 0 amide bonds. The van der Waals surface area contributed by atoms with Crippen molar-refractivity contribution < 1.29 is 13.9 Å². The van der Waals surface area contributed by atoms with Crippen molar-refractivity contribution >= 4 is 11.9 Å². The lowest BCUT2D eigenvalue weighted by Crippen LogP contribution is -1.94. The first-order valence-corrected chi connectivity index (χ1v) is 5.81. The second kappa shape index (κ2) is 5.96. The van der Waals surface area contributed by atoms with Crippen molar-refractivity contribution in [2.24, 2.45) is 0 Å². The molecule has 0 N–H and O–H groups in total. The molecule has 0 unspecified atom stereocenters. The number of allylic oxidation sites excluding steroid dienone is 1. The fourth-order valence-corrected chi connectivity index (χ4v) is 1.65. The van der Waals surface area contributed by atoms with Gasteiger partial charge in [0.2, 0.25) is 0 Å². The van der Waals surface area contributed by atoms with Gasteiger partial charge in [0.05, 0.1) is 7.11 Å². The molecule has 0 atom stereocenters. The molecule has 0 fully saturated rings. The van der Waals surface area contributed by atoms with E-state index < -0.39 is 0 Å². The van der Waals surface area contributed by atoms with Gasteiger partial charge in [0.1, 0.15) is 11.6 Å². The van der Waals surface area contributed by atoms with Crippen molar-refractivity contribution in [3.05, 3.63) is 71.6 Å². The summed E-state index contributed by atoms with van der Waals surface area (Å²) in [5.41, 5.74) is 1.18. The van der Waals surface area contributed by atoms with Crippen molar-refractivity contribution in [3.8, 4) is 5.75 Å². The van der Waals surface area contributed by atoms with E-state index in [1.807, 2.05) is 0 Å². The number of benzene rings is 2. The molecule has 0 saturated carbocycles. The van der Waals surface area contributed by atoms with Gasteiger partial charge < -0.3 is 4.74 Å². The number of ether oxygens (including phenoxy) is 1. The first-order valence-electron chi connectivity index (χ1n) is 5.81. The van der Waals surface area contributed by atoms with Crippen LogP contribution in [0.25, 0.3) is 6.08 Å². The molecule has 2 aromatic rings. The van der Waals surface area contributed by atoms with Gasteiger partial charge in [-0.15, -0.1) is 0 Å². The second-order valence-corrected chi connectivity index (χ2v) is 3.98. The zero-order valence-corrected chi connectivity index (χ0v) is 10.5. The standard InChI is InChI=1S/C16H13FO2/c1-19-15-7-3-5-13(11-15)16(18)9-8-12-4-2-6-14(17)10-12/h2-11H,1H3. The quantitative estimate of drug-likeness (QED) is 0.615. The summed E-state index contributed by atoms with van der Waals surface area (Å²) in [5, 5.41) is 0. The van der Waals surface area contributed by atoms with Crippen molar-refractivity contribution in [2.75, 3.05) is 7.11 Å². The molecule has 0 aliphatic carbocycles. The summed E-state index contributed by atoms with van der Waals surface area (Å²) in [6, 6.07) is 13.0. The smallest absolute Gasteiger partial charge is 0.185 e. The molecule has 2 aromatic carbocycles. The number of carbonyl (C=O) groups is 1. The third-order valence-electron chi connectivity index (χ3n) is 2.63. The summed E-state index contributed by atoms with van der Waals surface area (Å²) in [6.07, 6.45) is 3.01. The van der Waals surface area contributed by atoms with E-state index in [9.17, 15) is 9.18 Å². The minimum Gasteiger partial charge on any atom is -0.497 e. The molecule has 2 rings (SSSR count). The number of ketones is 1. The highest BCUT2D eigenvalue weighted by Crippen LogP contribution is 2.14. The van der Waals surface area contributed by atoms with Crippen LogP contribution in [0.5, 0.6) is 5.75 Å². The van der Waals surface area contributed by atoms with E-state index in [0.29, 0.717) is 16.9 Å². The fourth-order valence-electron chi connectivity index (χ4n) is 1.65. The Hall–Kier alpha value is -2.42. The normalized spacial score (nSPS) is 10.6. The van der Waals surface area contributed by atoms with Crippen molar-refractivity contribution in [1.82, 2.24) is 0 Å². The zero-order chi connectivity index (χ0) is 13.7. The Bertz CT molecular complexity index is 618. The molecule has 0 aliphatic rings. The summed E-state index contributed by atoms with van der Waals surface area (Å²) in [7, 11) is 1.55. The van der Waals surface area contributed by atoms with Crippen molar-refractivity contribution in [2.45, 2.75) is 0 Å². The Morgan fingerprint density at radius 2 is 1.95 bits per heavy atom. The number of carbonyl (C=O) groups excluding carboxylic acids is 1. The summed E-state index contributed by atoms with van der Waals surface area (Å²) in [6.45, 7) is 0. The maximum atomic E-state index is 13.0. The number of hydrogen-bond donors (Lipinski definition) is 0. The molecular formula is C16H13FO2. The summed E-state index contributed by atoms with van der Waals surface area (Å²) >= 11 is 0. The van der Waals surface area contributed by atoms with Crippen LogP contribution in [0.1, 0.15) is 15.9 Å². The van der Waals surface area contributed by atoms with E-state index >= 15 is 0 Å². The third kappa shape index (κ3) is 3.52. The Morgan fingerprint density at radius 3 is 2.68 bits per heavy atom. The molecule has 19 heavy (non-hydrogen) atoms. The molecule has 0 saturated heterocycles. The Balaban J connectivity index is 2.16. The van der Waals surface area contributed by atoms with Crippen LogP contribution in [0.4, 0.5) is 4.39 Å². The molecule has 0 radical (unpaired) electrons. The number of rotatable bonds is 4. The average molecular weight is 256 g/mol. The van der Waals surface area contributed by atoms with Crippen LogP contribution < -0.4 is 4.74 Å². The molecule has 96 valence electrons. The van der Waals surface area contributed by atoms with Gasteiger partial charge in [-0.3, -0.25) is 4.79 Å². The molecule has 0 bridgehead atoms. The van der Waals surface area contributed by atoms with Gasteiger partial charge in [0.25, 0.3) is 0 Å². The monoisotopic (exact) mass is 256 g/mol. The largest absolute Gasteiger partial charge is 0.497 e. The van der Waals surface area contributed by atoms with E-state index in [1.165, 1.54) is 18.2 Å². The van der Waals surface area contributed by atoms with E-state index in [1.54, 1.807) is 49.6 Å².